The molecule has 0 aliphatic heterocycles. The third kappa shape index (κ3) is 6.27. The molecule has 0 fully saturated rings. The van der Waals surface area contributed by atoms with Gasteiger partial charge in [-0.2, -0.15) is 0 Å². The van der Waals surface area contributed by atoms with Crippen molar-refractivity contribution >= 4 is 17.7 Å². The highest BCUT2D eigenvalue weighted by Gasteiger charge is 2.17. The number of nitrogens with one attached hydrogen (secondary N) is 2. The van der Waals surface area contributed by atoms with E-state index in [1.54, 1.807) is 14.2 Å². The number of carbonyl (C=O) groups is 1. The average Bonchev–Trinajstić information content (AvgIpc) is 3.26. The fourth-order valence-corrected chi connectivity index (χ4v) is 3.96. The minimum atomic E-state index is -0.0302. The quantitative estimate of drug-likeness (QED) is 0.311. The summed E-state index contributed by atoms with van der Waals surface area (Å²) in [6.07, 6.45) is 0.786. The maximum atomic E-state index is 12.2. The van der Waals surface area contributed by atoms with Gasteiger partial charge in [0.15, 0.2) is 11.5 Å². The van der Waals surface area contributed by atoms with E-state index in [-0.39, 0.29) is 11.7 Å². The number of carbonyl (C=O) groups excluding carboxylic acids is 1. The number of imidazole rings is 1. The number of H-pyrrole nitrogens is 1. The number of benzene rings is 2. The smallest absolute Gasteiger partial charge is 0.230 e. The zero-order valence-electron chi connectivity index (χ0n) is 18.6. The van der Waals surface area contributed by atoms with Gasteiger partial charge < -0.3 is 24.5 Å². The first kappa shape index (κ1) is 23.7. The number of aromatic amines is 1. The van der Waals surface area contributed by atoms with Gasteiger partial charge in [0.1, 0.15) is 10.9 Å². The average molecular weight is 456 g/mol. The predicted octanol–water partition coefficient (Wildman–Crippen LogP) is 4.40. The van der Waals surface area contributed by atoms with E-state index < -0.39 is 0 Å². The SMILES string of the molecule is CCOc1ccc(-c2nc(SCC(=O)NCCCOC)c(-c3ccccc3)[nH]2)cc1OC. The standard InChI is InChI=1S/C24H29N3O4S/c1-4-31-19-12-11-18(15-20(19)30-3)23-26-22(17-9-6-5-7-10-17)24(27-23)32-16-21(28)25-13-8-14-29-2/h5-7,9-12,15H,4,8,13-14,16H2,1-3H3,(H,25,28)(H,26,27). The minimum Gasteiger partial charge on any atom is -0.493 e. The van der Waals surface area contributed by atoms with Crippen molar-refractivity contribution in [3.8, 4) is 34.1 Å². The second-order valence-corrected chi connectivity index (χ2v) is 7.88. The molecular formula is C24H29N3O4S. The molecule has 3 aromatic rings. The molecule has 2 N–H and O–H groups in total. The summed E-state index contributed by atoms with van der Waals surface area (Å²) in [4.78, 5) is 20.5. The fourth-order valence-electron chi connectivity index (χ4n) is 3.12. The van der Waals surface area contributed by atoms with Gasteiger partial charge in [0, 0.05) is 31.4 Å². The molecule has 0 unspecified atom stereocenters. The lowest BCUT2D eigenvalue weighted by molar-refractivity contribution is -0.118. The maximum absolute atomic E-state index is 12.2. The Hall–Kier alpha value is -2.97. The van der Waals surface area contributed by atoms with Crippen LogP contribution in [-0.4, -0.2) is 55.6 Å². The monoisotopic (exact) mass is 455 g/mol. The van der Waals surface area contributed by atoms with Crippen molar-refractivity contribution in [2.75, 3.05) is 39.7 Å². The van der Waals surface area contributed by atoms with Crippen LogP contribution in [0.5, 0.6) is 11.5 Å². The van der Waals surface area contributed by atoms with Crippen LogP contribution in [-0.2, 0) is 9.53 Å². The van der Waals surface area contributed by atoms with Crippen LogP contribution >= 0.6 is 11.8 Å². The molecule has 7 nitrogen and oxygen atoms in total. The van der Waals surface area contributed by atoms with Gasteiger partial charge in [0.2, 0.25) is 5.91 Å². The van der Waals surface area contributed by atoms with Crippen LogP contribution in [0.4, 0.5) is 0 Å². The van der Waals surface area contributed by atoms with E-state index in [1.165, 1.54) is 11.8 Å². The van der Waals surface area contributed by atoms with Crippen LogP contribution in [0.2, 0.25) is 0 Å². The number of nitrogens with zero attached hydrogens (tertiary/aromatic N) is 1. The van der Waals surface area contributed by atoms with Crippen LogP contribution < -0.4 is 14.8 Å². The molecule has 0 bridgehead atoms. The number of ether oxygens (including phenoxy) is 3. The van der Waals surface area contributed by atoms with Gasteiger partial charge in [-0.25, -0.2) is 4.98 Å². The summed E-state index contributed by atoms with van der Waals surface area (Å²) >= 11 is 1.41. The first-order chi connectivity index (χ1) is 15.7. The Balaban J connectivity index is 1.83. The highest BCUT2D eigenvalue weighted by Crippen LogP contribution is 2.35. The van der Waals surface area contributed by atoms with Crippen molar-refractivity contribution < 1.29 is 19.0 Å². The number of rotatable bonds is 12. The molecule has 32 heavy (non-hydrogen) atoms. The van der Waals surface area contributed by atoms with Crippen LogP contribution in [0.15, 0.2) is 53.6 Å². The zero-order valence-corrected chi connectivity index (χ0v) is 19.5. The van der Waals surface area contributed by atoms with E-state index in [0.29, 0.717) is 37.1 Å². The van der Waals surface area contributed by atoms with Crippen LogP contribution in [0.3, 0.4) is 0 Å². The molecule has 8 heteroatoms. The van der Waals surface area contributed by atoms with Crippen LogP contribution in [0, 0.1) is 0 Å². The molecule has 1 aromatic heterocycles. The third-order valence-electron chi connectivity index (χ3n) is 4.66. The summed E-state index contributed by atoms with van der Waals surface area (Å²) < 4.78 is 16.1. The van der Waals surface area contributed by atoms with Crippen molar-refractivity contribution in [1.82, 2.24) is 15.3 Å². The third-order valence-corrected chi connectivity index (χ3v) is 5.63. The molecule has 0 spiro atoms. The number of thioether (sulfide) groups is 1. The minimum absolute atomic E-state index is 0.0302. The lowest BCUT2D eigenvalue weighted by atomic mass is 10.1. The van der Waals surface area contributed by atoms with Gasteiger partial charge >= 0.3 is 0 Å². The second kappa shape index (κ2) is 12.2. The van der Waals surface area contributed by atoms with Gasteiger partial charge in [-0.15, -0.1) is 0 Å². The molecule has 1 amide bonds. The Labute approximate surface area is 192 Å². The maximum Gasteiger partial charge on any atom is 0.230 e. The van der Waals surface area contributed by atoms with Gasteiger partial charge in [-0.1, -0.05) is 42.1 Å². The molecule has 1 heterocycles. The van der Waals surface area contributed by atoms with Crippen LogP contribution in [0.25, 0.3) is 22.6 Å². The van der Waals surface area contributed by atoms with Gasteiger partial charge in [-0.05, 0) is 31.5 Å². The van der Waals surface area contributed by atoms with Gasteiger partial charge in [0.25, 0.3) is 0 Å². The Morgan fingerprint density at radius 1 is 1.09 bits per heavy atom. The molecular weight excluding hydrogens is 426 g/mol. The summed E-state index contributed by atoms with van der Waals surface area (Å²) in [5.41, 5.74) is 2.76. The Morgan fingerprint density at radius 2 is 1.91 bits per heavy atom. The first-order valence-corrected chi connectivity index (χ1v) is 11.5. The predicted molar refractivity (Wildman–Crippen MR) is 127 cm³/mol. The summed E-state index contributed by atoms with van der Waals surface area (Å²) in [6, 6.07) is 15.7. The lowest BCUT2D eigenvalue weighted by Gasteiger charge is -2.10. The second-order valence-electron chi connectivity index (χ2n) is 6.92. The molecule has 0 radical (unpaired) electrons. The zero-order chi connectivity index (χ0) is 22.8. The summed E-state index contributed by atoms with van der Waals surface area (Å²) in [6.45, 7) is 3.71. The van der Waals surface area contributed by atoms with Crippen molar-refractivity contribution in [1.29, 1.82) is 0 Å². The van der Waals surface area contributed by atoms with E-state index in [9.17, 15) is 4.79 Å². The lowest BCUT2D eigenvalue weighted by Crippen LogP contribution is -2.26. The summed E-state index contributed by atoms with van der Waals surface area (Å²) in [5.74, 6) is 2.29. The number of hydrogen-bond donors (Lipinski definition) is 2. The summed E-state index contributed by atoms with van der Waals surface area (Å²) in [7, 11) is 3.27. The van der Waals surface area contributed by atoms with Crippen molar-refractivity contribution in [3.63, 3.8) is 0 Å². The van der Waals surface area contributed by atoms with Crippen molar-refractivity contribution in [2.24, 2.45) is 0 Å². The van der Waals surface area contributed by atoms with E-state index in [2.05, 4.69) is 10.3 Å². The molecule has 170 valence electrons. The van der Waals surface area contributed by atoms with E-state index in [1.807, 2.05) is 55.5 Å². The number of methoxy groups -OCH3 is 2. The van der Waals surface area contributed by atoms with E-state index in [0.717, 1.165) is 28.3 Å². The molecule has 0 aliphatic carbocycles. The van der Waals surface area contributed by atoms with Crippen molar-refractivity contribution in [2.45, 2.75) is 18.4 Å². The largest absolute Gasteiger partial charge is 0.493 e. The normalized spacial score (nSPS) is 10.7. The molecule has 2 aromatic carbocycles. The Kier molecular flexibility index (Phi) is 9.01. The molecule has 0 aliphatic rings. The highest BCUT2D eigenvalue weighted by molar-refractivity contribution is 8.00. The topological polar surface area (TPSA) is 85.5 Å². The van der Waals surface area contributed by atoms with E-state index in [4.69, 9.17) is 19.2 Å². The van der Waals surface area contributed by atoms with Crippen LogP contribution in [0.1, 0.15) is 13.3 Å². The van der Waals surface area contributed by atoms with Gasteiger partial charge in [-0.3, -0.25) is 4.79 Å². The van der Waals surface area contributed by atoms with Crippen molar-refractivity contribution in [3.05, 3.63) is 48.5 Å². The van der Waals surface area contributed by atoms with E-state index >= 15 is 0 Å². The number of aromatic nitrogens is 2. The number of amides is 1. The first-order valence-electron chi connectivity index (χ1n) is 10.5. The highest BCUT2D eigenvalue weighted by atomic mass is 32.2. The van der Waals surface area contributed by atoms with Gasteiger partial charge in [0.05, 0.1) is 25.2 Å². The fraction of sp³-hybridized carbons (Fsp3) is 0.333. The molecule has 0 saturated carbocycles. The molecule has 3 rings (SSSR count). The Bertz CT molecular complexity index is 1010. The molecule has 0 saturated heterocycles. The number of hydrogen-bond acceptors (Lipinski definition) is 6. The Morgan fingerprint density at radius 3 is 2.62 bits per heavy atom. The summed E-state index contributed by atoms with van der Waals surface area (Å²) in [5, 5.41) is 3.68. The molecule has 0 atom stereocenters.